The van der Waals surface area contributed by atoms with Gasteiger partial charge in [0, 0.05) is 27.7 Å². The van der Waals surface area contributed by atoms with Crippen molar-refractivity contribution in [3.8, 4) is 12.3 Å². The number of methoxy groups -OCH3 is 1. The molecule has 2 N–H and O–H groups in total. The first-order valence-electron chi connectivity index (χ1n) is 10.9. The van der Waals surface area contributed by atoms with Crippen molar-refractivity contribution in [3.05, 3.63) is 0 Å². The van der Waals surface area contributed by atoms with Crippen molar-refractivity contribution in [2.45, 2.75) is 70.2 Å². The highest BCUT2D eigenvalue weighted by molar-refractivity contribution is 5.79. The smallest absolute Gasteiger partial charge is 0.408 e. The molecule has 16 heteroatoms. The van der Waals surface area contributed by atoms with Crippen LogP contribution in [0.4, 0.5) is 13.6 Å². The summed E-state index contributed by atoms with van der Waals surface area (Å²) in [6.07, 6.45) is -7.50. The molecule has 1 saturated heterocycles. The number of ether oxygens (including phenoxy) is 6. The number of carbonyl (C=O) groups is 6. The monoisotopic (exact) mass is 550 g/mol. The molecule has 0 aromatic rings. The lowest BCUT2D eigenvalue weighted by molar-refractivity contribution is -0.296. The summed E-state index contributed by atoms with van der Waals surface area (Å²) in [6, 6.07) is -1.86. The van der Waals surface area contributed by atoms with E-state index in [2.05, 4.69) is 21.3 Å². The summed E-state index contributed by atoms with van der Waals surface area (Å²) in [7, 11) is 0.707. The van der Waals surface area contributed by atoms with Crippen molar-refractivity contribution >= 4 is 35.9 Å². The van der Waals surface area contributed by atoms with Gasteiger partial charge in [-0.05, 0) is 0 Å². The maximum Gasteiger partial charge on any atom is 0.408 e. The van der Waals surface area contributed by atoms with Gasteiger partial charge in [0.05, 0.1) is 19.7 Å². The molecule has 1 heterocycles. The van der Waals surface area contributed by atoms with Crippen LogP contribution in [-0.4, -0.2) is 98.6 Å². The van der Waals surface area contributed by atoms with Crippen LogP contribution in [0.25, 0.3) is 0 Å². The zero-order valence-electron chi connectivity index (χ0n) is 21.1. The number of alkyl carbamates (subject to hydrolysis) is 1. The third kappa shape index (κ3) is 8.54. The first kappa shape index (κ1) is 32.0. The molecule has 0 aliphatic carbocycles. The molecule has 1 rings (SSSR count). The topological polar surface area (TPSA) is 182 Å². The summed E-state index contributed by atoms with van der Waals surface area (Å²) in [4.78, 5) is 71.7. The largest absolute Gasteiger partial charge is 0.465 e. The highest BCUT2D eigenvalue weighted by Crippen LogP contribution is 2.39. The van der Waals surface area contributed by atoms with Gasteiger partial charge in [-0.1, -0.05) is 5.92 Å². The van der Waals surface area contributed by atoms with Crippen LogP contribution in [-0.2, 0) is 52.4 Å². The quantitative estimate of drug-likeness (QED) is 0.197. The second kappa shape index (κ2) is 14.1. The lowest BCUT2D eigenvalue weighted by Crippen LogP contribution is -2.72. The van der Waals surface area contributed by atoms with Crippen LogP contribution in [0.5, 0.6) is 0 Å². The van der Waals surface area contributed by atoms with Gasteiger partial charge < -0.3 is 39.1 Å². The van der Waals surface area contributed by atoms with Crippen LogP contribution >= 0.6 is 0 Å². The second-order valence-corrected chi connectivity index (χ2v) is 7.80. The fraction of sp³-hybridized carbons (Fsp3) is 0.636. The molecule has 5 unspecified atom stereocenters. The fourth-order valence-electron chi connectivity index (χ4n) is 3.46. The van der Waals surface area contributed by atoms with E-state index in [4.69, 9.17) is 30.1 Å². The Hall–Kier alpha value is -4.00. The van der Waals surface area contributed by atoms with Crippen LogP contribution in [0.15, 0.2) is 0 Å². The molecule has 0 saturated carbocycles. The van der Waals surface area contributed by atoms with Crippen LogP contribution in [0.1, 0.15) is 27.7 Å². The molecule has 7 atom stereocenters. The molecule has 0 spiro atoms. The van der Waals surface area contributed by atoms with E-state index in [0.717, 1.165) is 27.7 Å². The summed E-state index contributed by atoms with van der Waals surface area (Å²) >= 11 is 0. The number of carbonyl (C=O) groups excluding carboxylic acids is 6. The molecule has 14 nitrogen and oxygen atoms in total. The van der Waals surface area contributed by atoms with E-state index in [0.29, 0.717) is 7.11 Å². The minimum atomic E-state index is -3.98. The van der Waals surface area contributed by atoms with Crippen molar-refractivity contribution in [2.75, 3.05) is 20.3 Å². The van der Waals surface area contributed by atoms with Gasteiger partial charge in [-0.2, -0.15) is 4.39 Å². The average molecular weight is 550 g/mol. The molecule has 38 heavy (non-hydrogen) atoms. The van der Waals surface area contributed by atoms with E-state index >= 15 is 8.78 Å². The Balaban J connectivity index is 3.80. The second-order valence-electron chi connectivity index (χ2n) is 7.80. The van der Waals surface area contributed by atoms with Gasteiger partial charge in [0.1, 0.15) is 12.7 Å². The van der Waals surface area contributed by atoms with Gasteiger partial charge in [0.25, 0.3) is 0 Å². The zero-order valence-corrected chi connectivity index (χ0v) is 21.1. The Morgan fingerprint density at radius 2 is 1.68 bits per heavy atom. The molecule has 0 aromatic heterocycles. The molecule has 2 amide bonds. The van der Waals surface area contributed by atoms with Gasteiger partial charge in [-0.3, -0.25) is 19.2 Å². The lowest BCUT2D eigenvalue weighted by Gasteiger charge is -2.47. The van der Waals surface area contributed by atoms with Gasteiger partial charge in [-0.15, -0.1) is 6.42 Å². The van der Waals surface area contributed by atoms with Crippen LogP contribution in [0.3, 0.4) is 0 Å². The van der Waals surface area contributed by atoms with Crippen molar-refractivity contribution in [3.63, 3.8) is 0 Å². The fourth-order valence-corrected chi connectivity index (χ4v) is 3.46. The number of amides is 2. The normalized spacial score (nSPS) is 25.8. The Kier molecular flexibility index (Phi) is 11.9. The standard InChI is InChI=1S/C22H28F2N2O12/c1-7-8-25-21(32)37-16(14(35-12(4)29)9-34-11(3)28)17-15(26-10(2)27)18(36-13(5)30)19(23)22(24,38-17)20(31)33-6/h1,14-19H,8-9H2,2-6H3,(H,25,32)(H,26,27)/t14-,15?,16-,17?,18?,19?,22?/m1/s1. The minimum Gasteiger partial charge on any atom is -0.465 e. The average Bonchev–Trinajstić information content (AvgIpc) is 2.82. The molecule has 212 valence electrons. The van der Waals surface area contributed by atoms with Gasteiger partial charge in [0.2, 0.25) is 12.1 Å². The number of alkyl halides is 2. The van der Waals surface area contributed by atoms with Crippen molar-refractivity contribution in [1.82, 2.24) is 10.6 Å². The molecular formula is C22H28F2N2O12. The summed E-state index contributed by atoms with van der Waals surface area (Å²) in [6.45, 7) is 2.53. The molecule has 1 fully saturated rings. The molecule has 1 aliphatic rings. The predicted molar refractivity (Wildman–Crippen MR) is 118 cm³/mol. The molecule has 0 radical (unpaired) electrons. The van der Waals surface area contributed by atoms with E-state index < -0.39 is 85.0 Å². The number of nitrogens with one attached hydrogen (secondary N) is 2. The van der Waals surface area contributed by atoms with E-state index in [9.17, 15) is 28.8 Å². The van der Waals surface area contributed by atoms with Gasteiger partial charge in [-0.25, -0.2) is 14.0 Å². The van der Waals surface area contributed by atoms with Crippen molar-refractivity contribution in [1.29, 1.82) is 0 Å². The highest BCUT2D eigenvalue weighted by atomic mass is 19.2. The summed E-state index contributed by atoms with van der Waals surface area (Å²) in [5, 5.41) is 4.29. The Labute approximate surface area is 215 Å². The Morgan fingerprint density at radius 1 is 1.05 bits per heavy atom. The number of hydrogen-bond acceptors (Lipinski definition) is 12. The van der Waals surface area contributed by atoms with Crippen LogP contribution in [0, 0.1) is 12.3 Å². The maximum atomic E-state index is 15.8. The maximum absolute atomic E-state index is 15.8. The molecular weight excluding hydrogens is 522 g/mol. The minimum absolute atomic E-state index is 0.369. The zero-order chi connectivity index (χ0) is 29.2. The first-order chi connectivity index (χ1) is 17.7. The van der Waals surface area contributed by atoms with Crippen molar-refractivity contribution < 1.29 is 66.0 Å². The Bertz CT molecular complexity index is 970. The number of rotatable bonds is 10. The van der Waals surface area contributed by atoms with Crippen LogP contribution < -0.4 is 10.6 Å². The number of hydrogen-bond donors (Lipinski definition) is 2. The van der Waals surface area contributed by atoms with E-state index in [1.165, 1.54) is 0 Å². The predicted octanol–water partition coefficient (Wildman–Crippen LogP) is -0.779. The summed E-state index contributed by atoms with van der Waals surface area (Å²) in [5.41, 5.74) is 0. The van der Waals surface area contributed by atoms with Gasteiger partial charge in [0.15, 0.2) is 18.3 Å². The molecule has 1 aliphatic heterocycles. The van der Waals surface area contributed by atoms with Crippen LogP contribution in [0.2, 0.25) is 0 Å². The Morgan fingerprint density at radius 3 is 2.16 bits per heavy atom. The molecule has 0 aromatic carbocycles. The lowest BCUT2D eigenvalue weighted by atomic mass is 9.87. The van der Waals surface area contributed by atoms with E-state index in [-0.39, 0.29) is 6.54 Å². The van der Waals surface area contributed by atoms with E-state index in [1.54, 1.807) is 0 Å². The highest BCUT2D eigenvalue weighted by Gasteiger charge is 2.65. The van der Waals surface area contributed by atoms with Crippen molar-refractivity contribution in [2.24, 2.45) is 0 Å². The summed E-state index contributed by atoms with van der Waals surface area (Å²) < 4.78 is 60.6. The van der Waals surface area contributed by atoms with Gasteiger partial charge >= 0.3 is 35.8 Å². The number of esters is 4. The SMILES string of the molecule is C#CCNC(=O)O[C@@H](C1OC(F)(C(=O)OC)C(F)C(OC(C)=O)C1NC(C)=O)[C@@H](COC(C)=O)OC(C)=O. The third-order valence-electron chi connectivity index (χ3n) is 4.83. The summed E-state index contributed by atoms with van der Waals surface area (Å²) in [5.74, 6) is -7.73. The number of terminal acetylenes is 1. The third-order valence-corrected chi connectivity index (χ3v) is 4.83. The number of halogens is 2. The first-order valence-corrected chi connectivity index (χ1v) is 10.9. The molecule has 0 bridgehead atoms. The van der Waals surface area contributed by atoms with E-state index in [1.807, 2.05) is 0 Å².